The van der Waals surface area contributed by atoms with Gasteiger partial charge in [-0.2, -0.15) is 0 Å². The van der Waals surface area contributed by atoms with Crippen LogP contribution >= 0.6 is 0 Å². The first-order valence-corrected chi connectivity index (χ1v) is 33.5. The van der Waals surface area contributed by atoms with Crippen LogP contribution in [0.1, 0.15) is 120 Å². The number of hydrogen-bond acceptors (Lipinski definition) is 29. The molecule has 31 heteroatoms. The summed E-state index contributed by atoms with van der Waals surface area (Å²) in [6, 6.07) is 0. The number of rotatable bonds is 16. The molecule has 11 rings (SSSR count). The monoisotopic (exact) mass is 1370 g/mol. The minimum absolute atomic E-state index is 0.0306. The summed E-state index contributed by atoms with van der Waals surface area (Å²) in [5.74, 6) is -3.12. The van der Waals surface area contributed by atoms with Gasteiger partial charge in [0.1, 0.15) is 121 Å². The maximum atomic E-state index is 13.4. The largest absolute Gasteiger partial charge is 0.481 e. The highest BCUT2D eigenvalue weighted by Gasteiger charge is 2.72. The third-order valence-electron chi connectivity index (χ3n) is 24.9. The van der Waals surface area contributed by atoms with Crippen LogP contribution in [0.4, 0.5) is 0 Å². The van der Waals surface area contributed by atoms with Gasteiger partial charge in [-0.25, -0.2) is 4.79 Å². The Morgan fingerprint density at radius 1 is 0.505 bits per heavy atom. The van der Waals surface area contributed by atoms with Crippen LogP contribution in [0.5, 0.6) is 0 Å². The number of ether oxygens (including phenoxy) is 12. The molecular formula is C64H102O31. The highest BCUT2D eigenvalue weighted by Crippen LogP contribution is 2.76. The molecule has 0 radical (unpaired) electrons. The van der Waals surface area contributed by atoms with Crippen molar-refractivity contribution in [3.8, 4) is 0 Å². The fourth-order valence-corrected chi connectivity index (χ4v) is 19.1. The van der Waals surface area contributed by atoms with E-state index >= 15 is 0 Å². The van der Waals surface area contributed by atoms with E-state index in [0.717, 1.165) is 5.57 Å². The predicted molar refractivity (Wildman–Crippen MR) is 316 cm³/mol. The molecule has 0 amide bonds. The van der Waals surface area contributed by atoms with Gasteiger partial charge in [-0.3, -0.25) is 4.79 Å². The van der Waals surface area contributed by atoms with Crippen LogP contribution in [0.25, 0.3) is 0 Å². The zero-order valence-electron chi connectivity index (χ0n) is 54.9. The van der Waals surface area contributed by atoms with Gasteiger partial charge < -0.3 is 144 Å². The van der Waals surface area contributed by atoms with Crippen molar-refractivity contribution in [2.75, 3.05) is 19.8 Å². The SMILES string of the molecule is CC1OC(OC2C(OC3C(OC4CCC5(C)C(CCC6(C)C5CC=C5C7CC(C)(C)CCC7(C(=O)O)C(O)CC56C)C4(C)C)OC(C(=O)O)C(O)C3O)OC(CO)C(OC3OCC(O)C(OC4OC(CO)C(O)C4O)C3O)C2OC2OC(C)C(O)C(O)C2O)C(O)C(O)C1O. The second-order valence-corrected chi connectivity index (χ2v) is 31.1. The van der Waals surface area contributed by atoms with E-state index < -0.39 is 243 Å². The molecule has 37 atom stereocenters. The third-order valence-corrected chi connectivity index (χ3v) is 24.9. The molecule has 4 saturated carbocycles. The molecule has 0 aromatic rings. The summed E-state index contributed by atoms with van der Waals surface area (Å²) in [4.78, 5) is 26.4. The number of carboxylic acid groups (broad SMARTS) is 2. The van der Waals surface area contributed by atoms with Crippen molar-refractivity contribution < 1.29 is 153 Å². The lowest BCUT2D eigenvalue weighted by Gasteiger charge is -2.71. The number of fused-ring (bicyclic) bond motifs is 7. The Morgan fingerprint density at radius 2 is 1.05 bits per heavy atom. The van der Waals surface area contributed by atoms with E-state index in [-0.39, 0.29) is 29.6 Å². The van der Waals surface area contributed by atoms with Gasteiger partial charge >= 0.3 is 11.9 Å². The van der Waals surface area contributed by atoms with E-state index in [0.29, 0.717) is 51.4 Å². The molecule has 6 aliphatic heterocycles. The topological polar surface area (TPSA) is 489 Å². The quantitative estimate of drug-likeness (QED) is 0.0528. The van der Waals surface area contributed by atoms with E-state index in [1.54, 1.807) is 0 Å². The van der Waals surface area contributed by atoms with Gasteiger partial charge in [0.05, 0.1) is 44.2 Å². The zero-order valence-corrected chi connectivity index (χ0v) is 54.9. The van der Waals surface area contributed by atoms with Crippen molar-refractivity contribution in [1.29, 1.82) is 0 Å². The Labute approximate surface area is 549 Å². The van der Waals surface area contributed by atoms with Gasteiger partial charge in [0.25, 0.3) is 0 Å². The summed E-state index contributed by atoms with van der Waals surface area (Å²) in [6.45, 7) is 15.2. The molecule has 37 unspecified atom stereocenters. The highest BCUT2D eigenvalue weighted by molar-refractivity contribution is 5.77. The molecule has 0 spiro atoms. The summed E-state index contributed by atoms with van der Waals surface area (Å²) in [6.07, 6.45) is -47.7. The van der Waals surface area contributed by atoms with Crippen molar-refractivity contribution in [1.82, 2.24) is 0 Å². The second kappa shape index (κ2) is 27.1. The smallest absolute Gasteiger partial charge is 0.335 e. The second-order valence-electron chi connectivity index (χ2n) is 31.1. The normalized spacial score (nSPS) is 54.4. The summed E-state index contributed by atoms with van der Waals surface area (Å²) in [5.41, 5.74) is -2.52. The van der Waals surface area contributed by atoms with Gasteiger partial charge in [-0.15, -0.1) is 0 Å². The van der Waals surface area contributed by atoms with E-state index in [1.807, 2.05) is 13.8 Å². The number of aliphatic hydroxyl groups is 15. The van der Waals surface area contributed by atoms with Crippen LogP contribution in [0.2, 0.25) is 0 Å². The molecule has 0 bridgehead atoms. The van der Waals surface area contributed by atoms with Crippen LogP contribution < -0.4 is 0 Å². The highest BCUT2D eigenvalue weighted by atomic mass is 16.8. The first-order chi connectivity index (χ1) is 44.4. The average molecular weight is 1370 g/mol. The molecule has 5 aliphatic carbocycles. The summed E-state index contributed by atoms with van der Waals surface area (Å²) in [7, 11) is 0. The number of aliphatic carboxylic acids is 2. The lowest BCUT2D eigenvalue weighted by Crippen LogP contribution is -2.70. The molecular weight excluding hydrogens is 1260 g/mol. The van der Waals surface area contributed by atoms with Gasteiger partial charge in [-0.1, -0.05) is 60.1 Å². The Hall–Kier alpha value is -2.40. The zero-order chi connectivity index (χ0) is 69.5. The van der Waals surface area contributed by atoms with Crippen LogP contribution in [0.15, 0.2) is 11.6 Å². The number of hydrogen-bond donors (Lipinski definition) is 17. The van der Waals surface area contributed by atoms with Gasteiger partial charge in [-0.05, 0) is 116 Å². The van der Waals surface area contributed by atoms with Crippen molar-refractivity contribution in [2.24, 2.45) is 50.2 Å². The number of allylic oxidation sites excluding steroid dienone is 2. The first kappa shape index (κ1) is 73.8. The molecule has 0 aromatic carbocycles. The fraction of sp³-hybridized carbons (Fsp3) is 0.938. The molecule has 31 nitrogen and oxygen atoms in total. The number of aliphatic hydroxyl groups excluding tert-OH is 15. The minimum Gasteiger partial charge on any atom is -0.481 e. The molecule has 10 fully saturated rings. The average Bonchev–Trinajstić information content (AvgIpc) is 0.993. The third kappa shape index (κ3) is 12.4. The summed E-state index contributed by atoms with van der Waals surface area (Å²) < 4.78 is 74.3. The molecule has 11 aliphatic rings. The van der Waals surface area contributed by atoms with E-state index in [1.165, 1.54) is 13.8 Å². The van der Waals surface area contributed by atoms with Crippen LogP contribution in [-0.4, -0.2) is 303 Å². The lowest BCUT2D eigenvalue weighted by molar-refractivity contribution is -0.421. The lowest BCUT2D eigenvalue weighted by atomic mass is 9.33. The molecule has 544 valence electrons. The molecule has 6 heterocycles. The van der Waals surface area contributed by atoms with Crippen molar-refractivity contribution >= 4 is 11.9 Å². The van der Waals surface area contributed by atoms with E-state index in [2.05, 4.69) is 40.7 Å². The first-order valence-electron chi connectivity index (χ1n) is 33.5. The van der Waals surface area contributed by atoms with Crippen LogP contribution in [-0.2, 0) is 66.4 Å². The Balaban J connectivity index is 0.925. The van der Waals surface area contributed by atoms with E-state index in [4.69, 9.17) is 56.8 Å². The van der Waals surface area contributed by atoms with Crippen LogP contribution in [0.3, 0.4) is 0 Å². The number of carbonyl (C=O) groups is 2. The predicted octanol–water partition coefficient (Wildman–Crippen LogP) is -3.42. The van der Waals surface area contributed by atoms with Gasteiger partial charge in [0.2, 0.25) is 0 Å². The van der Waals surface area contributed by atoms with E-state index in [9.17, 15) is 96.4 Å². The molecule has 6 saturated heterocycles. The fourth-order valence-electron chi connectivity index (χ4n) is 19.1. The number of carboxylic acids is 2. The van der Waals surface area contributed by atoms with Gasteiger partial charge in [0, 0.05) is 0 Å². The molecule has 95 heavy (non-hydrogen) atoms. The van der Waals surface area contributed by atoms with Crippen LogP contribution in [0, 0.1) is 50.2 Å². The maximum absolute atomic E-state index is 13.4. The Bertz CT molecular complexity index is 2740. The molecule has 0 aromatic heterocycles. The van der Waals surface area contributed by atoms with Crippen molar-refractivity contribution in [3.05, 3.63) is 11.6 Å². The van der Waals surface area contributed by atoms with Crippen molar-refractivity contribution in [3.63, 3.8) is 0 Å². The summed E-state index contributed by atoms with van der Waals surface area (Å²) >= 11 is 0. The maximum Gasteiger partial charge on any atom is 0.335 e. The van der Waals surface area contributed by atoms with Gasteiger partial charge in [0.15, 0.2) is 43.8 Å². The molecule has 17 N–H and O–H groups in total. The minimum atomic E-state index is -2.26. The van der Waals surface area contributed by atoms with Crippen molar-refractivity contribution in [2.45, 2.75) is 304 Å². The standard InChI is InChI=1S/C64H102O31/c1-23-34(69)37(72)42(77)53(85-23)94-49-46(91-52-44(79)45(27(67)22-84-52)90-55-41(76)36(71)28(20-65)87-55)29(21-66)88-57(50(49)95-54-43(78)38(73)35(70)24(2)86-54)93-48-40(75)39(74)47(51(80)81)92-56(48)89-33-13-14-61(7)30(60(33,5)6)12-15-62(8)31(61)11-10-25-26-18-59(3,4)16-17-64(26,58(82)83)32(68)19-63(25,62)9/h10,23-24,26-50,52-57,65-79H,11-22H2,1-9H3,(H,80,81)(H,82,83). The Kier molecular flexibility index (Phi) is 21.0. The summed E-state index contributed by atoms with van der Waals surface area (Å²) in [5, 5.41) is 190. The Morgan fingerprint density at radius 3 is 1.64 bits per heavy atom.